The van der Waals surface area contributed by atoms with Gasteiger partial charge in [-0.2, -0.15) is 13.2 Å². The summed E-state index contributed by atoms with van der Waals surface area (Å²) in [6.07, 6.45) is -4.36. The minimum absolute atomic E-state index is 0.141. The number of aromatic nitrogens is 5. The van der Waals surface area contributed by atoms with Gasteiger partial charge in [0.2, 0.25) is 5.78 Å². The van der Waals surface area contributed by atoms with Crippen LogP contribution in [0.5, 0.6) is 0 Å². The summed E-state index contributed by atoms with van der Waals surface area (Å²) in [5.41, 5.74) is 1.31. The molecule has 0 fully saturated rings. The highest BCUT2D eigenvalue weighted by atomic mass is 32.2. The number of aryl methyl sites for hydroxylation is 1. The van der Waals surface area contributed by atoms with Crippen molar-refractivity contribution in [3.05, 3.63) is 75.5 Å². The van der Waals surface area contributed by atoms with Crippen LogP contribution in [-0.2, 0) is 19.0 Å². The van der Waals surface area contributed by atoms with E-state index in [1.54, 1.807) is 13.1 Å². The second kappa shape index (κ2) is 7.75. The summed E-state index contributed by atoms with van der Waals surface area (Å²) < 4.78 is 41.6. The number of thiazole rings is 1. The molecule has 0 amide bonds. The van der Waals surface area contributed by atoms with Crippen molar-refractivity contribution < 1.29 is 13.2 Å². The Morgan fingerprint density at radius 3 is 2.56 bits per heavy atom. The summed E-state index contributed by atoms with van der Waals surface area (Å²) in [4.78, 5) is 17.1. The number of alkyl halides is 3. The van der Waals surface area contributed by atoms with E-state index in [0.717, 1.165) is 23.3 Å². The van der Waals surface area contributed by atoms with Crippen molar-refractivity contribution in [2.24, 2.45) is 7.05 Å². The smallest absolute Gasteiger partial charge is 0.279 e. The summed E-state index contributed by atoms with van der Waals surface area (Å²) in [7, 11) is 1.66. The molecule has 2 aromatic carbocycles. The Morgan fingerprint density at radius 1 is 1.06 bits per heavy atom. The molecule has 5 aromatic rings. The van der Waals surface area contributed by atoms with Gasteiger partial charge in [0.05, 0.1) is 22.2 Å². The van der Waals surface area contributed by atoms with Gasteiger partial charge in [-0.05, 0) is 24.3 Å². The van der Waals surface area contributed by atoms with Crippen molar-refractivity contribution in [2.45, 2.75) is 17.1 Å². The predicted molar refractivity (Wildman–Crippen MR) is 118 cm³/mol. The maximum atomic E-state index is 12.8. The maximum absolute atomic E-state index is 12.8. The number of para-hydroxylation sites is 1. The molecule has 162 valence electrons. The first kappa shape index (κ1) is 20.7. The van der Waals surface area contributed by atoms with Gasteiger partial charge in [0.1, 0.15) is 5.01 Å². The fourth-order valence-corrected chi connectivity index (χ4v) is 5.11. The Balaban J connectivity index is 1.42. The number of nitrogens with zero attached hydrogens (tertiary/aromatic N) is 5. The van der Waals surface area contributed by atoms with Crippen LogP contribution in [0.4, 0.5) is 13.2 Å². The lowest BCUT2D eigenvalue weighted by molar-refractivity contribution is -0.137. The first-order chi connectivity index (χ1) is 15.3. The van der Waals surface area contributed by atoms with Crippen LogP contribution < -0.4 is 5.56 Å². The highest BCUT2D eigenvalue weighted by Crippen LogP contribution is 2.32. The first-order valence-electron chi connectivity index (χ1n) is 9.40. The topological polar surface area (TPSA) is 65.1 Å². The Labute approximate surface area is 187 Å². The minimum Gasteiger partial charge on any atom is -0.279 e. The molecule has 5 rings (SSSR count). The third kappa shape index (κ3) is 3.56. The van der Waals surface area contributed by atoms with Crippen molar-refractivity contribution in [3.8, 4) is 10.6 Å². The monoisotopic (exact) mass is 473 g/mol. The molecule has 0 saturated carbocycles. The van der Waals surface area contributed by atoms with E-state index >= 15 is 0 Å². The number of rotatable bonds is 4. The van der Waals surface area contributed by atoms with Crippen LogP contribution in [0.3, 0.4) is 0 Å². The van der Waals surface area contributed by atoms with Crippen molar-refractivity contribution in [3.63, 3.8) is 0 Å². The van der Waals surface area contributed by atoms with Gasteiger partial charge in [0.25, 0.3) is 5.56 Å². The molecule has 3 heterocycles. The van der Waals surface area contributed by atoms with Crippen LogP contribution >= 0.6 is 23.1 Å². The van der Waals surface area contributed by atoms with Crippen molar-refractivity contribution in [1.82, 2.24) is 24.1 Å². The van der Waals surface area contributed by atoms with Gasteiger partial charge in [-0.1, -0.05) is 36.0 Å². The van der Waals surface area contributed by atoms with Crippen molar-refractivity contribution in [2.75, 3.05) is 0 Å². The van der Waals surface area contributed by atoms with Crippen molar-refractivity contribution >= 4 is 39.8 Å². The Morgan fingerprint density at radius 2 is 1.81 bits per heavy atom. The Bertz CT molecular complexity index is 1500. The summed E-state index contributed by atoms with van der Waals surface area (Å²) in [6.45, 7) is 0. The first-order valence-corrected chi connectivity index (χ1v) is 11.3. The third-order valence-corrected chi connectivity index (χ3v) is 6.86. The van der Waals surface area contributed by atoms with E-state index in [1.807, 2.05) is 28.0 Å². The molecule has 0 aliphatic heterocycles. The quantitative estimate of drug-likeness (QED) is 0.343. The summed E-state index contributed by atoms with van der Waals surface area (Å²) in [5.74, 6) is 0.940. The molecule has 0 unspecified atom stereocenters. The van der Waals surface area contributed by atoms with Crippen LogP contribution in [0, 0.1) is 0 Å². The van der Waals surface area contributed by atoms with Crippen LogP contribution in [0.15, 0.2) is 63.9 Å². The second-order valence-electron chi connectivity index (χ2n) is 7.01. The molecule has 0 atom stereocenters. The zero-order chi connectivity index (χ0) is 22.5. The zero-order valence-electron chi connectivity index (χ0n) is 16.5. The Kier molecular flexibility index (Phi) is 5.01. The predicted octanol–water partition coefficient (Wildman–Crippen LogP) is 5.02. The minimum atomic E-state index is -4.36. The number of halogens is 3. The van der Waals surface area contributed by atoms with Crippen molar-refractivity contribution in [1.29, 1.82) is 0 Å². The molecule has 11 heteroatoms. The molecule has 32 heavy (non-hydrogen) atoms. The molecule has 0 aliphatic carbocycles. The van der Waals surface area contributed by atoms with E-state index in [-0.39, 0.29) is 5.56 Å². The fraction of sp³-hybridized carbons (Fsp3) is 0.143. The average Bonchev–Trinajstić information content (AvgIpc) is 3.43. The number of hydrogen-bond acceptors (Lipinski definition) is 6. The van der Waals surface area contributed by atoms with Gasteiger partial charge in [0.15, 0.2) is 5.16 Å². The van der Waals surface area contributed by atoms with Gasteiger partial charge in [-0.15, -0.1) is 21.5 Å². The second-order valence-corrected chi connectivity index (χ2v) is 8.81. The maximum Gasteiger partial charge on any atom is 0.416 e. The Hall–Kier alpha value is -3.18. The molecule has 0 aliphatic rings. The summed E-state index contributed by atoms with van der Waals surface area (Å²) in [5, 5.41) is 12.1. The van der Waals surface area contributed by atoms with Crippen LogP contribution in [0.1, 0.15) is 11.3 Å². The highest BCUT2D eigenvalue weighted by Gasteiger charge is 2.30. The fourth-order valence-electron chi connectivity index (χ4n) is 3.35. The standard InChI is InChI=1S/C21H14F3N5OS2/c1-28-18(30)15-4-2-3-5-16(15)29-19(28)26-27-20(29)32-11-14-10-31-17(25-14)12-6-8-13(9-7-12)21(22,23)24/h2-10H,11H2,1H3. The normalized spacial score (nSPS) is 12.1. The lowest BCUT2D eigenvalue weighted by Crippen LogP contribution is -2.20. The van der Waals surface area contributed by atoms with Crippen LogP contribution in [-0.4, -0.2) is 24.1 Å². The SMILES string of the molecule is Cn1c(=O)c2ccccc2n2c(SCc3csc(-c4ccc(C(F)(F)F)cc4)n3)nnc12. The number of benzene rings is 2. The molecule has 0 saturated heterocycles. The molecule has 0 bridgehead atoms. The van der Waals surface area contributed by atoms with Gasteiger partial charge >= 0.3 is 6.18 Å². The number of fused-ring (bicyclic) bond motifs is 3. The van der Waals surface area contributed by atoms with Crippen LogP contribution in [0.2, 0.25) is 0 Å². The highest BCUT2D eigenvalue weighted by molar-refractivity contribution is 7.98. The van der Waals surface area contributed by atoms with E-state index in [9.17, 15) is 18.0 Å². The van der Waals surface area contributed by atoms with Gasteiger partial charge < -0.3 is 0 Å². The lowest BCUT2D eigenvalue weighted by atomic mass is 10.1. The van der Waals surface area contributed by atoms with E-state index in [4.69, 9.17) is 0 Å². The van der Waals surface area contributed by atoms with Gasteiger partial charge in [0, 0.05) is 23.7 Å². The molecule has 0 spiro atoms. The van der Waals surface area contributed by atoms with Gasteiger partial charge in [-0.25, -0.2) is 4.98 Å². The molecule has 3 aromatic heterocycles. The largest absolute Gasteiger partial charge is 0.416 e. The molecular formula is C21H14F3N5OS2. The van der Waals surface area contributed by atoms with E-state index in [2.05, 4.69) is 15.2 Å². The summed E-state index contributed by atoms with van der Waals surface area (Å²) >= 11 is 2.79. The van der Waals surface area contributed by atoms with Crippen LogP contribution in [0.25, 0.3) is 27.3 Å². The number of hydrogen-bond donors (Lipinski definition) is 0. The van der Waals surface area contributed by atoms with E-state index in [1.165, 1.54) is 39.8 Å². The van der Waals surface area contributed by atoms with E-state index < -0.39 is 11.7 Å². The third-order valence-electron chi connectivity index (χ3n) is 4.96. The summed E-state index contributed by atoms with van der Waals surface area (Å²) in [6, 6.07) is 12.3. The molecule has 0 N–H and O–H groups in total. The zero-order valence-corrected chi connectivity index (χ0v) is 18.1. The molecular weight excluding hydrogens is 459 g/mol. The van der Waals surface area contributed by atoms with Gasteiger partial charge in [-0.3, -0.25) is 13.8 Å². The average molecular weight is 474 g/mol. The number of thioether (sulfide) groups is 1. The van der Waals surface area contributed by atoms with E-state index in [0.29, 0.717) is 32.6 Å². The molecule has 0 radical (unpaired) electrons. The lowest BCUT2D eigenvalue weighted by Gasteiger charge is -2.07. The molecule has 6 nitrogen and oxygen atoms in total.